The summed E-state index contributed by atoms with van der Waals surface area (Å²) in [6.45, 7) is 0. The highest BCUT2D eigenvalue weighted by Gasteiger charge is 2.16. The van der Waals surface area contributed by atoms with Gasteiger partial charge in [0.25, 0.3) is 0 Å². The molecular formula is C14H16S. The summed E-state index contributed by atoms with van der Waals surface area (Å²) in [5, 5.41) is 2.25. The van der Waals surface area contributed by atoms with Gasteiger partial charge in [0.2, 0.25) is 0 Å². The second-order valence-electron chi connectivity index (χ2n) is 4.41. The molecule has 0 unspecified atom stereocenters. The molecule has 0 spiro atoms. The number of hydrogen-bond acceptors (Lipinski definition) is 1. The van der Waals surface area contributed by atoms with Crippen molar-refractivity contribution in [3.05, 3.63) is 34.0 Å². The SMILES string of the molecule is C1=C(c2ccsc2C2=CCCC2)CCC1. The molecule has 0 fully saturated rings. The molecule has 0 saturated heterocycles. The standard InChI is InChI=1S/C14H16S/c1-2-6-11(5-1)13-9-10-15-14(13)12-7-3-4-8-12/h5,7,9-10H,1-4,6,8H2. The summed E-state index contributed by atoms with van der Waals surface area (Å²) in [5.74, 6) is 0. The lowest BCUT2D eigenvalue weighted by atomic mass is 10.0. The van der Waals surface area contributed by atoms with Crippen LogP contribution in [0.5, 0.6) is 0 Å². The van der Waals surface area contributed by atoms with Crippen LogP contribution in [0.4, 0.5) is 0 Å². The van der Waals surface area contributed by atoms with E-state index in [0.29, 0.717) is 0 Å². The fourth-order valence-electron chi connectivity index (χ4n) is 2.60. The minimum atomic E-state index is 1.28. The largest absolute Gasteiger partial charge is 0.144 e. The summed E-state index contributed by atoms with van der Waals surface area (Å²) >= 11 is 1.92. The second-order valence-corrected chi connectivity index (χ2v) is 5.32. The lowest BCUT2D eigenvalue weighted by Crippen LogP contribution is -1.84. The Balaban J connectivity index is 1.98. The molecular weight excluding hydrogens is 200 g/mol. The smallest absolute Gasteiger partial charge is 0.0374 e. The monoisotopic (exact) mass is 216 g/mol. The van der Waals surface area contributed by atoms with Crippen LogP contribution in [0.1, 0.15) is 49.0 Å². The Morgan fingerprint density at radius 1 is 0.933 bits per heavy atom. The van der Waals surface area contributed by atoms with Gasteiger partial charge in [-0.2, -0.15) is 0 Å². The quantitative estimate of drug-likeness (QED) is 0.660. The van der Waals surface area contributed by atoms with E-state index in [0.717, 1.165) is 0 Å². The highest BCUT2D eigenvalue weighted by atomic mass is 32.1. The maximum Gasteiger partial charge on any atom is 0.0374 e. The molecule has 1 aromatic heterocycles. The topological polar surface area (TPSA) is 0 Å². The van der Waals surface area contributed by atoms with Gasteiger partial charge >= 0.3 is 0 Å². The first-order chi connectivity index (χ1) is 7.45. The third-order valence-corrected chi connectivity index (χ3v) is 4.37. The summed E-state index contributed by atoms with van der Waals surface area (Å²) in [5.41, 5.74) is 4.73. The van der Waals surface area contributed by atoms with Crippen LogP contribution in [0.2, 0.25) is 0 Å². The highest BCUT2D eigenvalue weighted by molar-refractivity contribution is 7.11. The van der Waals surface area contributed by atoms with Crippen molar-refractivity contribution in [1.82, 2.24) is 0 Å². The molecule has 0 saturated carbocycles. The summed E-state index contributed by atoms with van der Waals surface area (Å²) in [6, 6.07) is 2.32. The van der Waals surface area contributed by atoms with E-state index in [-0.39, 0.29) is 0 Å². The van der Waals surface area contributed by atoms with Gasteiger partial charge in [-0.05, 0) is 66.7 Å². The predicted molar refractivity (Wildman–Crippen MR) is 68.0 cm³/mol. The first-order valence-electron chi connectivity index (χ1n) is 5.91. The van der Waals surface area contributed by atoms with E-state index in [1.54, 1.807) is 16.0 Å². The van der Waals surface area contributed by atoms with Gasteiger partial charge in [-0.25, -0.2) is 0 Å². The molecule has 0 nitrogen and oxygen atoms in total. The van der Waals surface area contributed by atoms with Gasteiger partial charge in [0, 0.05) is 4.88 Å². The number of rotatable bonds is 2. The lowest BCUT2D eigenvalue weighted by molar-refractivity contribution is 0.933. The van der Waals surface area contributed by atoms with Gasteiger partial charge in [0.1, 0.15) is 0 Å². The average Bonchev–Trinajstić information content (AvgIpc) is 3.01. The summed E-state index contributed by atoms with van der Waals surface area (Å²) in [4.78, 5) is 1.56. The molecule has 0 amide bonds. The zero-order valence-corrected chi connectivity index (χ0v) is 9.78. The molecule has 0 aromatic carbocycles. The Hall–Kier alpha value is -0.820. The minimum absolute atomic E-state index is 1.28. The van der Waals surface area contributed by atoms with Crippen molar-refractivity contribution >= 4 is 22.5 Å². The summed E-state index contributed by atoms with van der Waals surface area (Å²) < 4.78 is 0. The Morgan fingerprint density at radius 2 is 1.67 bits per heavy atom. The summed E-state index contributed by atoms with van der Waals surface area (Å²) in [7, 11) is 0. The number of hydrogen-bond donors (Lipinski definition) is 0. The fraction of sp³-hybridized carbons (Fsp3) is 0.429. The Morgan fingerprint density at radius 3 is 2.33 bits per heavy atom. The van der Waals surface area contributed by atoms with Crippen LogP contribution in [0.3, 0.4) is 0 Å². The normalized spacial score (nSPS) is 20.5. The molecule has 0 aliphatic heterocycles. The maximum atomic E-state index is 2.44. The second kappa shape index (κ2) is 3.97. The van der Waals surface area contributed by atoms with Crippen molar-refractivity contribution in [3.8, 4) is 0 Å². The van der Waals surface area contributed by atoms with Crippen molar-refractivity contribution in [2.75, 3.05) is 0 Å². The molecule has 2 aliphatic carbocycles. The van der Waals surface area contributed by atoms with Crippen LogP contribution in [0.25, 0.3) is 11.1 Å². The maximum absolute atomic E-state index is 2.44. The van der Waals surface area contributed by atoms with Gasteiger partial charge in [-0.3, -0.25) is 0 Å². The lowest BCUT2D eigenvalue weighted by Gasteiger charge is -2.05. The number of thiophene rings is 1. The van der Waals surface area contributed by atoms with Gasteiger partial charge < -0.3 is 0 Å². The first kappa shape index (κ1) is 9.41. The Kier molecular flexibility index (Phi) is 2.49. The van der Waals surface area contributed by atoms with Crippen molar-refractivity contribution in [3.63, 3.8) is 0 Å². The molecule has 1 heterocycles. The average molecular weight is 216 g/mol. The Labute approximate surface area is 95.3 Å². The van der Waals surface area contributed by atoms with Crippen molar-refractivity contribution < 1.29 is 0 Å². The van der Waals surface area contributed by atoms with Crippen LogP contribution >= 0.6 is 11.3 Å². The third kappa shape index (κ3) is 1.69. The van der Waals surface area contributed by atoms with Crippen LogP contribution < -0.4 is 0 Å². The van der Waals surface area contributed by atoms with E-state index in [1.165, 1.54) is 44.1 Å². The van der Waals surface area contributed by atoms with Gasteiger partial charge in [0.15, 0.2) is 0 Å². The zero-order valence-electron chi connectivity index (χ0n) is 8.96. The molecule has 3 rings (SSSR count). The van der Waals surface area contributed by atoms with E-state index < -0.39 is 0 Å². The minimum Gasteiger partial charge on any atom is -0.144 e. The van der Waals surface area contributed by atoms with Gasteiger partial charge in [-0.15, -0.1) is 11.3 Å². The van der Waals surface area contributed by atoms with Gasteiger partial charge in [-0.1, -0.05) is 12.2 Å². The van der Waals surface area contributed by atoms with E-state index in [4.69, 9.17) is 0 Å². The first-order valence-corrected chi connectivity index (χ1v) is 6.79. The molecule has 1 heteroatoms. The molecule has 15 heavy (non-hydrogen) atoms. The van der Waals surface area contributed by atoms with E-state index in [9.17, 15) is 0 Å². The predicted octanol–water partition coefficient (Wildman–Crippen LogP) is 4.88. The van der Waals surface area contributed by atoms with Crippen molar-refractivity contribution in [1.29, 1.82) is 0 Å². The number of allylic oxidation sites excluding steroid dienone is 4. The molecule has 1 aromatic rings. The summed E-state index contributed by atoms with van der Waals surface area (Å²) in [6.07, 6.45) is 12.7. The van der Waals surface area contributed by atoms with Crippen LogP contribution in [-0.4, -0.2) is 0 Å². The van der Waals surface area contributed by atoms with E-state index >= 15 is 0 Å². The van der Waals surface area contributed by atoms with Crippen molar-refractivity contribution in [2.24, 2.45) is 0 Å². The zero-order chi connectivity index (χ0) is 10.1. The molecule has 0 bridgehead atoms. The van der Waals surface area contributed by atoms with Gasteiger partial charge in [0.05, 0.1) is 0 Å². The molecule has 78 valence electrons. The van der Waals surface area contributed by atoms with Crippen LogP contribution in [0.15, 0.2) is 23.6 Å². The fourth-order valence-corrected chi connectivity index (χ4v) is 3.61. The molecule has 0 N–H and O–H groups in total. The molecule has 0 atom stereocenters. The van der Waals surface area contributed by atoms with Crippen LogP contribution in [-0.2, 0) is 0 Å². The van der Waals surface area contributed by atoms with Crippen LogP contribution in [0, 0.1) is 0 Å². The highest BCUT2D eigenvalue weighted by Crippen LogP contribution is 2.39. The molecule has 2 aliphatic rings. The Bertz CT molecular complexity index is 382. The van der Waals surface area contributed by atoms with E-state index in [2.05, 4.69) is 23.6 Å². The van der Waals surface area contributed by atoms with Crippen molar-refractivity contribution in [2.45, 2.75) is 38.5 Å². The third-order valence-electron chi connectivity index (χ3n) is 3.38. The molecule has 0 radical (unpaired) electrons. The van der Waals surface area contributed by atoms with E-state index in [1.807, 2.05) is 11.3 Å².